The van der Waals surface area contributed by atoms with E-state index in [0.717, 1.165) is 18.7 Å². The van der Waals surface area contributed by atoms with Crippen LogP contribution < -0.4 is 5.32 Å². The van der Waals surface area contributed by atoms with Crippen LogP contribution in [0, 0.1) is 6.92 Å². The van der Waals surface area contributed by atoms with E-state index >= 15 is 0 Å². The number of rotatable bonds is 3. The number of aryl methyl sites for hydroxylation is 1. The van der Waals surface area contributed by atoms with E-state index in [1.807, 2.05) is 18.7 Å². The summed E-state index contributed by atoms with van der Waals surface area (Å²) in [7, 11) is 0. The normalized spacial score (nSPS) is 27.9. The molecule has 3 rings (SSSR count). The molecule has 0 radical (unpaired) electrons. The van der Waals surface area contributed by atoms with Crippen molar-refractivity contribution in [3.05, 3.63) is 11.7 Å². The highest BCUT2D eigenvalue weighted by atomic mass is 32.2. The zero-order valence-electron chi connectivity index (χ0n) is 9.53. The van der Waals surface area contributed by atoms with Crippen molar-refractivity contribution in [1.29, 1.82) is 0 Å². The number of hydrogen-bond donors (Lipinski definition) is 1. The second-order valence-electron chi connectivity index (χ2n) is 4.78. The van der Waals surface area contributed by atoms with Gasteiger partial charge in [0, 0.05) is 18.7 Å². The summed E-state index contributed by atoms with van der Waals surface area (Å²) in [4.78, 5) is 4.40. The molecule has 88 valence electrons. The van der Waals surface area contributed by atoms with Crippen molar-refractivity contribution in [2.45, 2.75) is 44.2 Å². The maximum atomic E-state index is 5.10. The highest BCUT2D eigenvalue weighted by molar-refractivity contribution is 7.99. The van der Waals surface area contributed by atoms with Gasteiger partial charge in [0.05, 0.1) is 5.54 Å². The Morgan fingerprint density at radius 2 is 2.38 bits per heavy atom. The monoisotopic (exact) mass is 239 g/mol. The van der Waals surface area contributed by atoms with Crippen molar-refractivity contribution >= 4 is 11.8 Å². The van der Waals surface area contributed by atoms with Crippen LogP contribution in [0.1, 0.15) is 37.4 Å². The molecule has 1 saturated carbocycles. The van der Waals surface area contributed by atoms with Gasteiger partial charge >= 0.3 is 0 Å². The Labute approximate surface area is 99.6 Å². The summed E-state index contributed by atoms with van der Waals surface area (Å²) in [5.41, 5.74) is 0.0212. The number of nitrogens with zero attached hydrogens (tertiary/aromatic N) is 2. The molecule has 0 aromatic carbocycles. The molecule has 4 nitrogen and oxygen atoms in total. The summed E-state index contributed by atoms with van der Waals surface area (Å²) in [6.45, 7) is 1.86. The van der Waals surface area contributed by atoms with Crippen molar-refractivity contribution in [3.8, 4) is 0 Å². The fraction of sp³-hybridized carbons (Fsp3) is 0.818. The Hall–Kier alpha value is -0.550. The average Bonchev–Trinajstić information content (AvgIpc) is 2.82. The first-order valence-electron chi connectivity index (χ1n) is 5.95. The van der Waals surface area contributed by atoms with Crippen molar-refractivity contribution in [3.63, 3.8) is 0 Å². The van der Waals surface area contributed by atoms with Crippen LogP contribution in [0.5, 0.6) is 0 Å². The highest BCUT2D eigenvalue weighted by Gasteiger charge is 2.44. The van der Waals surface area contributed by atoms with E-state index in [-0.39, 0.29) is 5.54 Å². The van der Waals surface area contributed by atoms with E-state index in [2.05, 4.69) is 15.5 Å². The van der Waals surface area contributed by atoms with Gasteiger partial charge in [-0.2, -0.15) is 16.7 Å². The Morgan fingerprint density at radius 1 is 1.50 bits per heavy atom. The third-order valence-corrected chi connectivity index (χ3v) is 4.74. The summed E-state index contributed by atoms with van der Waals surface area (Å²) >= 11 is 2.03. The molecule has 2 aliphatic rings. The highest BCUT2D eigenvalue weighted by Crippen LogP contribution is 2.41. The maximum absolute atomic E-state index is 5.10. The van der Waals surface area contributed by atoms with Crippen LogP contribution in [-0.4, -0.2) is 27.7 Å². The Morgan fingerprint density at radius 3 is 2.88 bits per heavy atom. The molecule has 5 heteroatoms. The molecule has 1 aromatic heterocycles. The minimum absolute atomic E-state index is 0.0212. The smallest absolute Gasteiger partial charge is 0.223 e. The SMILES string of the molecule is Cc1nc(C2(NC3CCSC3)CCC2)no1. The van der Waals surface area contributed by atoms with Crippen LogP contribution in [0.25, 0.3) is 0 Å². The van der Waals surface area contributed by atoms with Gasteiger partial charge in [-0.3, -0.25) is 0 Å². The standard InChI is InChI=1S/C11H17N3OS/c1-8-12-10(14-15-8)11(4-2-5-11)13-9-3-6-16-7-9/h9,13H,2-7H2,1H3. The fourth-order valence-electron chi connectivity index (χ4n) is 2.50. The number of thioether (sulfide) groups is 1. The molecule has 0 amide bonds. The third-order valence-electron chi connectivity index (χ3n) is 3.57. The summed E-state index contributed by atoms with van der Waals surface area (Å²) in [5, 5.41) is 7.85. The summed E-state index contributed by atoms with van der Waals surface area (Å²) in [6.07, 6.45) is 4.82. The quantitative estimate of drug-likeness (QED) is 0.872. The molecule has 1 N–H and O–H groups in total. The van der Waals surface area contributed by atoms with Crippen molar-refractivity contribution in [1.82, 2.24) is 15.5 Å². The number of aromatic nitrogens is 2. The first kappa shape index (κ1) is 10.6. The van der Waals surface area contributed by atoms with Gasteiger partial charge in [0.2, 0.25) is 5.89 Å². The minimum Gasteiger partial charge on any atom is -0.340 e. The van der Waals surface area contributed by atoms with Crippen molar-refractivity contribution in [2.75, 3.05) is 11.5 Å². The van der Waals surface area contributed by atoms with Gasteiger partial charge in [0.15, 0.2) is 5.82 Å². The molecule has 0 bridgehead atoms. The predicted molar refractivity (Wildman–Crippen MR) is 63.4 cm³/mol. The van der Waals surface area contributed by atoms with Crippen LogP contribution in [0.4, 0.5) is 0 Å². The largest absolute Gasteiger partial charge is 0.340 e. The summed E-state index contributed by atoms with van der Waals surface area (Å²) in [6, 6.07) is 0.629. The van der Waals surface area contributed by atoms with Gasteiger partial charge in [0.25, 0.3) is 0 Å². The Bertz CT molecular complexity index is 369. The molecule has 2 fully saturated rings. The lowest BCUT2D eigenvalue weighted by molar-refractivity contribution is 0.151. The van der Waals surface area contributed by atoms with Crippen LogP contribution in [0.2, 0.25) is 0 Å². The summed E-state index contributed by atoms with van der Waals surface area (Å²) in [5.74, 6) is 4.04. The van der Waals surface area contributed by atoms with E-state index in [1.54, 1.807) is 0 Å². The van der Waals surface area contributed by atoms with E-state index in [4.69, 9.17) is 4.52 Å². The molecule has 1 aromatic rings. The van der Waals surface area contributed by atoms with Crippen LogP contribution in [-0.2, 0) is 5.54 Å². The zero-order chi connectivity index (χ0) is 11.0. The lowest BCUT2D eigenvalue weighted by Crippen LogP contribution is -2.53. The van der Waals surface area contributed by atoms with Crippen LogP contribution in [0.3, 0.4) is 0 Å². The van der Waals surface area contributed by atoms with E-state index in [1.165, 1.54) is 24.3 Å². The second kappa shape index (κ2) is 4.04. The Kier molecular flexibility index (Phi) is 2.67. The topological polar surface area (TPSA) is 51.0 Å². The van der Waals surface area contributed by atoms with Crippen molar-refractivity contribution in [2.24, 2.45) is 0 Å². The van der Waals surface area contributed by atoms with Gasteiger partial charge in [0.1, 0.15) is 0 Å². The lowest BCUT2D eigenvalue weighted by Gasteiger charge is -2.41. The fourth-order valence-corrected chi connectivity index (χ4v) is 3.65. The van der Waals surface area contributed by atoms with Gasteiger partial charge in [-0.25, -0.2) is 0 Å². The third kappa shape index (κ3) is 1.76. The maximum Gasteiger partial charge on any atom is 0.223 e. The Balaban J connectivity index is 1.77. The van der Waals surface area contributed by atoms with Gasteiger partial charge in [-0.1, -0.05) is 5.16 Å². The average molecular weight is 239 g/mol. The zero-order valence-corrected chi connectivity index (χ0v) is 10.3. The molecule has 1 atom stereocenters. The molecule has 16 heavy (non-hydrogen) atoms. The molecular formula is C11H17N3OS. The molecule has 1 aliphatic carbocycles. The second-order valence-corrected chi connectivity index (χ2v) is 5.93. The number of nitrogens with one attached hydrogen (secondary N) is 1. The van der Waals surface area contributed by atoms with Gasteiger partial charge < -0.3 is 9.84 Å². The molecular weight excluding hydrogens is 222 g/mol. The molecule has 0 spiro atoms. The minimum atomic E-state index is 0.0212. The molecule has 1 aliphatic heterocycles. The van der Waals surface area contributed by atoms with Gasteiger partial charge in [-0.15, -0.1) is 0 Å². The van der Waals surface area contributed by atoms with Crippen LogP contribution >= 0.6 is 11.8 Å². The molecule has 1 unspecified atom stereocenters. The first-order valence-corrected chi connectivity index (χ1v) is 7.10. The lowest BCUT2D eigenvalue weighted by atomic mass is 9.75. The van der Waals surface area contributed by atoms with E-state index in [0.29, 0.717) is 11.9 Å². The molecule has 2 heterocycles. The van der Waals surface area contributed by atoms with Gasteiger partial charge in [-0.05, 0) is 31.4 Å². The number of hydrogen-bond acceptors (Lipinski definition) is 5. The molecule has 1 saturated heterocycles. The predicted octanol–water partition coefficient (Wildman–Crippen LogP) is 1.85. The van der Waals surface area contributed by atoms with E-state index < -0.39 is 0 Å². The van der Waals surface area contributed by atoms with Crippen molar-refractivity contribution < 1.29 is 4.52 Å². The van der Waals surface area contributed by atoms with E-state index in [9.17, 15) is 0 Å². The van der Waals surface area contributed by atoms with Crippen LogP contribution in [0.15, 0.2) is 4.52 Å². The summed E-state index contributed by atoms with van der Waals surface area (Å²) < 4.78 is 5.10. The first-order chi connectivity index (χ1) is 7.78.